The highest BCUT2D eigenvalue weighted by atomic mass is 16.5. The van der Waals surface area contributed by atoms with E-state index in [1.54, 1.807) is 19.2 Å². The van der Waals surface area contributed by atoms with Crippen LogP contribution in [0.5, 0.6) is 17.2 Å². The molecule has 2 N–H and O–H groups in total. The van der Waals surface area contributed by atoms with Gasteiger partial charge in [-0.3, -0.25) is 4.79 Å². The van der Waals surface area contributed by atoms with Crippen LogP contribution in [-0.2, 0) is 0 Å². The van der Waals surface area contributed by atoms with Gasteiger partial charge in [-0.15, -0.1) is 0 Å². The van der Waals surface area contributed by atoms with Gasteiger partial charge in [0, 0.05) is 24.2 Å². The Labute approximate surface area is 163 Å². The fourth-order valence-corrected chi connectivity index (χ4v) is 3.09. The summed E-state index contributed by atoms with van der Waals surface area (Å²) in [6, 6.07) is 7.22. The first-order chi connectivity index (χ1) is 13.5. The molecule has 28 heavy (non-hydrogen) atoms. The predicted octanol–water partition coefficient (Wildman–Crippen LogP) is 2.82. The quantitative estimate of drug-likeness (QED) is 0.610. The molecule has 7 heteroatoms. The molecule has 0 atom stereocenters. The zero-order valence-electron chi connectivity index (χ0n) is 16.8. The van der Waals surface area contributed by atoms with Crippen LogP contribution < -0.4 is 25.1 Å². The first-order valence-corrected chi connectivity index (χ1v) is 9.04. The van der Waals surface area contributed by atoms with Crippen molar-refractivity contribution in [3.63, 3.8) is 0 Å². The topological polar surface area (TPSA) is 85.5 Å². The van der Waals surface area contributed by atoms with E-state index in [1.807, 2.05) is 33.0 Å². The molecule has 0 bridgehead atoms. The molecule has 0 amide bonds. The highest BCUT2D eigenvalue weighted by molar-refractivity contribution is 5.87. The summed E-state index contributed by atoms with van der Waals surface area (Å²) in [5.41, 5.74) is 3.12. The van der Waals surface area contributed by atoms with Crippen molar-refractivity contribution in [3.05, 3.63) is 45.7 Å². The number of methoxy groups -OCH3 is 2. The molecule has 0 aliphatic rings. The lowest BCUT2D eigenvalue weighted by Crippen LogP contribution is -2.16. The Morgan fingerprint density at radius 2 is 1.86 bits per heavy atom. The van der Waals surface area contributed by atoms with Gasteiger partial charge in [-0.1, -0.05) is 0 Å². The molecular formula is C21H25N3O4. The van der Waals surface area contributed by atoms with Crippen molar-refractivity contribution in [2.45, 2.75) is 13.8 Å². The zero-order chi connectivity index (χ0) is 20.3. The van der Waals surface area contributed by atoms with E-state index in [4.69, 9.17) is 14.2 Å². The number of aromatic amines is 1. The number of fused-ring (bicyclic) bond motifs is 1. The van der Waals surface area contributed by atoms with Gasteiger partial charge in [0.25, 0.3) is 5.56 Å². The van der Waals surface area contributed by atoms with E-state index in [1.165, 1.54) is 7.11 Å². The van der Waals surface area contributed by atoms with Gasteiger partial charge in [-0.25, -0.2) is 4.98 Å². The van der Waals surface area contributed by atoms with Crippen LogP contribution in [0, 0.1) is 13.8 Å². The van der Waals surface area contributed by atoms with Crippen molar-refractivity contribution in [1.82, 2.24) is 15.3 Å². The van der Waals surface area contributed by atoms with Crippen LogP contribution in [0.1, 0.15) is 11.1 Å². The Morgan fingerprint density at radius 1 is 1.07 bits per heavy atom. The molecule has 0 aliphatic carbocycles. The molecule has 0 spiro atoms. The van der Waals surface area contributed by atoms with E-state index in [9.17, 15) is 4.79 Å². The monoisotopic (exact) mass is 383 g/mol. The smallest absolute Gasteiger partial charge is 0.262 e. The molecule has 3 rings (SSSR count). The van der Waals surface area contributed by atoms with E-state index in [0.29, 0.717) is 34.8 Å². The van der Waals surface area contributed by atoms with E-state index in [-0.39, 0.29) is 5.56 Å². The normalized spacial score (nSPS) is 10.9. The van der Waals surface area contributed by atoms with Crippen LogP contribution in [0.3, 0.4) is 0 Å². The van der Waals surface area contributed by atoms with Gasteiger partial charge >= 0.3 is 0 Å². The van der Waals surface area contributed by atoms with Gasteiger partial charge in [0.05, 0.1) is 19.7 Å². The van der Waals surface area contributed by atoms with Crippen molar-refractivity contribution >= 4 is 10.9 Å². The van der Waals surface area contributed by atoms with Gasteiger partial charge in [0.15, 0.2) is 0 Å². The minimum atomic E-state index is -0.258. The highest BCUT2D eigenvalue weighted by Crippen LogP contribution is 2.32. The zero-order valence-corrected chi connectivity index (χ0v) is 16.8. The summed E-state index contributed by atoms with van der Waals surface area (Å²) in [5.74, 6) is 2.32. The van der Waals surface area contributed by atoms with Crippen molar-refractivity contribution in [3.8, 4) is 28.6 Å². The van der Waals surface area contributed by atoms with Crippen molar-refractivity contribution < 1.29 is 14.2 Å². The third kappa shape index (κ3) is 3.66. The molecule has 0 saturated carbocycles. The molecule has 1 aromatic heterocycles. The minimum Gasteiger partial charge on any atom is -0.497 e. The molecule has 0 unspecified atom stereocenters. The molecule has 1 heterocycles. The summed E-state index contributed by atoms with van der Waals surface area (Å²) in [5, 5.41) is 3.45. The Kier molecular flexibility index (Phi) is 5.84. The third-order valence-electron chi connectivity index (χ3n) is 4.80. The molecule has 148 valence electrons. The van der Waals surface area contributed by atoms with Crippen molar-refractivity contribution in [2.75, 3.05) is 34.4 Å². The lowest BCUT2D eigenvalue weighted by Gasteiger charge is -2.15. The highest BCUT2D eigenvalue weighted by Gasteiger charge is 2.15. The number of ether oxygens (including phenoxy) is 3. The second-order valence-corrected chi connectivity index (χ2v) is 6.45. The molecule has 7 nitrogen and oxygen atoms in total. The predicted molar refractivity (Wildman–Crippen MR) is 110 cm³/mol. The average molecular weight is 383 g/mol. The summed E-state index contributed by atoms with van der Waals surface area (Å²) in [6.07, 6.45) is 0. The number of hydrogen-bond donors (Lipinski definition) is 2. The minimum absolute atomic E-state index is 0.258. The van der Waals surface area contributed by atoms with Crippen molar-refractivity contribution in [2.24, 2.45) is 0 Å². The standard InChI is InChI=1S/C21H25N3O4/c1-12-13(2)17(28-9-8-22-3)7-6-15(12)20-23-16-10-14(26-4)11-18(27-5)19(16)21(25)24-20/h6-7,10-11,22H,8-9H2,1-5H3,(H,23,24,25). The van der Waals surface area contributed by atoms with E-state index >= 15 is 0 Å². The van der Waals surface area contributed by atoms with Crippen molar-refractivity contribution in [1.29, 1.82) is 0 Å². The van der Waals surface area contributed by atoms with E-state index in [0.717, 1.165) is 29.0 Å². The number of rotatable bonds is 7. The first-order valence-electron chi connectivity index (χ1n) is 9.04. The van der Waals surface area contributed by atoms with Crippen LogP contribution in [0.25, 0.3) is 22.3 Å². The van der Waals surface area contributed by atoms with Gasteiger partial charge in [-0.2, -0.15) is 0 Å². The Bertz CT molecular complexity index is 1060. The van der Waals surface area contributed by atoms with Crippen LogP contribution in [0.15, 0.2) is 29.1 Å². The lowest BCUT2D eigenvalue weighted by atomic mass is 10.0. The summed E-state index contributed by atoms with van der Waals surface area (Å²) in [4.78, 5) is 20.3. The maximum Gasteiger partial charge on any atom is 0.262 e. The molecular weight excluding hydrogens is 358 g/mol. The van der Waals surface area contributed by atoms with Crippen LogP contribution in [0.2, 0.25) is 0 Å². The largest absolute Gasteiger partial charge is 0.497 e. The number of nitrogens with one attached hydrogen (secondary N) is 2. The van der Waals surface area contributed by atoms with Gasteiger partial charge in [0.2, 0.25) is 0 Å². The Morgan fingerprint density at radius 3 is 2.54 bits per heavy atom. The maximum atomic E-state index is 12.7. The third-order valence-corrected chi connectivity index (χ3v) is 4.80. The number of nitrogens with zero attached hydrogens (tertiary/aromatic N) is 1. The SMILES string of the molecule is CNCCOc1ccc(-c2nc3cc(OC)cc(OC)c3c(=O)[nH]2)c(C)c1C. The average Bonchev–Trinajstić information content (AvgIpc) is 2.70. The number of likely N-dealkylation sites (N-methyl/N-ethyl adjacent to an activating group) is 1. The molecule has 0 saturated heterocycles. The van der Waals surface area contributed by atoms with Crippen LogP contribution in [-0.4, -0.2) is 44.4 Å². The number of H-pyrrole nitrogens is 1. The summed E-state index contributed by atoms with van der Waals surface area (Å²) in [7, 11) is 4.97. The summed E-state index contributed by atoms with van der Waals surface area (Å²) in [6.45, 7) is 5.34. The maximum absolute atomic E-state index is 12.7. The fourth-order valence-electron chi connectivity index (χ4n) is 3.09. The number of aromatic nitrogens is 2. The number of benzene rings is 2. The van der Waals surface area contributed by atoms with Crippen LogP contribution >= 0.6 is 0 Å². The second-order valence-electron chi connectivity index (χ2n) is 6.45. The van der Waals surface area contributed by atoms with Gasteiger partial charge in [-0.05, 0) is 44.2 Å². The van der Waals surface area contributed by atoms with E-state index < -0.39 is 0 Å². The molecule has 0 fully saturated rings. The van der Waals surface area contributed by atoms with Gasteiger partial charge < -0.3 is 24.5 Å². The molecule has 2 aromatic carbocycles. The van der Waals surface area contributed by atoms with E-state index in [2.05, 4.69) is 15.3 Å². The fraction of sp³-hybridized carbons (Fsp3) is 0.333. The Balaban J connectivity index is 2.11. The number of hydrogen-bond acceptors (Lipinski definition) is 6. The van der Waals surface area contributed by atoms with Gasteiger partial charge in [0.1, 0.15) is 35.1 Å². The summed E-state index contributed by atoms with van der Waals surface area (Å²) >= 11 is 0. The molecule has 0 aliphatic heterocycles. The summed E-state index contributed by atoms with van der Waals surface area (Å²) < 4.78 is 16.5. The lowest BCUT2D eigenvalue weighted by molar-refractivity contribution is 0.316. The first kappa shape index (κ1) is 19.7. The Hall–Kier alpha value is -3.06. The molecule has 0 radical (unpaired) electrons. The van der Waals surface area contributed by atoms with Crippen LogP contribution in [0.4, 0.5) is 0 Å². The molecule has 3 aromatic rings. The second kappa shape index (κ2) is 8.31.